The molecule has 5 heteroatoms. The van der Waals surface area contributed by atoms with Gasteiger partial charge in [0.1, 0.15) is 6.61 Å². The van der Waals surface area contributed by atoms with Gasteiger partial charge in [-0.15, -0.1) is 0 Å². The Morgan fingerprint density at radius 3 is 2.39 bits per heavy atom. The summed E-state index contributed by atoms with van der Waals surface area (Å²) in [4.78, 5) is 23.2. The molecule has 0 radical (unpaired) electrons. The summed E-state index contributed by atoms with van der Waals surface area (Å²) in [6.45, 7) is 1.97. The lowest BCUT2D eigenvalue weighted by Crippen LogP contribution is -2.32. The first kappa shape index (κ1) is 16.5. The predicted octanol–water partition coefficient (Wildman–Crippen LogP) is 3.09. The molecule has 120 valence electrons. The average Bonchev–Trinajstić information content (AvgIpc) is 2.55. The summed E-state index contributed by atoms with van der Waals surface area (Å²) < 4.78 is 5.08. The van der Waals surface area contributed by atoms with E-state index in [-0.39, 0.29) is 13.2 Å². The molecule has 0 aliphatic carbocycles. The van der Waals surface area contributed by atoms with Crippen LogP contribution in [0.3, 0.4) is 0 Å². The van der Waals surface area contributed by atoms with Crippen LogP contribution in [0.1, 0.15) is 22.6 Å². The fraction of sp³-hybridized carbons (Fsp3) is 0.222. The lowest BCUT2D eigenvalue weighted by atomic mass is 9.95. The van der Waals surface area contributed by atoms with E-state index in [1.165, 1.54) is 0 Å². The van der Waals surface area contributed by atoms with Crippen LogP contribution in [0.25, 0.3) is 0 Å². The van der Waals surface area contributed by atoms with Gasteiger partial charge in [0.15, 0.2) is 0 Å². The summed E-state index contributed by atoms with van der Waals surface area (Å²) in [5.41, 5.74) is 2.43. The Morgan fingerprint density at radius 2 is 1.74 bits per heavy atom. The maximum atomic E-state index is 11.7. The second-order valence-electron chi connectivity index (χ2n) is 5.19. The van der Waals surface area contributed by atoms with Crippen molar-refractivity contribution in [3.63, 3.8) is 0 Å². The lowest BCUT2D eigenvalue weighted by molar-refractivity contribution is -0.138. The monoisotopic (exact) mass is 313 g/mol. The predicted molar refractivity (Wildman–Crippen MR) is 86.2 cm³/mol. The summed E-state index contributed by atoms with van der Waals surface area (Å²) >= 11 is 0. The van der Waals surface area contributed by atoms with Crippen LogP contribution in [0.5, 0.6) is 0 Å². The van der Waals surface area contributed by atoms with Crippen molar-refractivity contribution in [3.8, 4) is 0 Å². The first-order valence-electron chi connectivity index (χ1n) is 7.31. The highest BCUT2D eigenvalue weighted by atomic mass is 16.5. The van der Waals surface area contributed by atoms with E-state index in [4.69, 9.17) is 4.74 Å². The second-order valence-corrected chi connectivity index (χ2v) is 5.19. The van der Waals surface area contributed by atoms with Crippen molar-refractivity contribution < 1.29 is 19.4 Å². The van der Waals surface area contributed by atoms with Gasteiger partial charge < -0.3 is 15.2 Å². The number of carboxylic acids is 1. The van der Waals surface area contributed by atoms with Crippen molar-refractivity contribution in [3.05, 3.63) is 71.3 Å². The standard InChI is InChI=1S/C18H19NO4/c1-13-7-5-6-10-15(13)16(17(20)21)11-19-18(22)23-12-14-8-3-2-4-9-14/h2-10,16H,11-12H2,1H3,(H,19,22)(H,20,21). The van der Waals surface area contributed by atoms with Crippen LogP contribution in [0, 0.1) is 6.92 Å². The molecule has 0 fully saturated rings. The zero-order chi connectivity index (χ0) is 16.7. The summed E-state index contributed by atoms with van der Waals surface area (Å²) in [6.07, 6.45) is -0.631. The summed E-state index contributed by atoms with van der Waals surface area (Å²) in [5.74, 6) is -1.79. The van der Waals surface area contributed by atoms with Gasteiger partial charge in [-0.1, -0.05) is 54.6 Å². The average molecular weight is 313 g/mol. The molecule has 1 amide bonds. The first-order valence-corrected chi connectivity index (χ1v) is 7.31. The van der Waals surface area contributed by atoms with Crippen molar-refractivity contribution in [2.75, 3.05) is 6.54 Å². The van der Waals surface area contributed by atoms with Crippen LogP contribution in [0.2, 0.25) is 0 Å². The number of carboxylic acid groups (broad SMARTS) is 1. The van der Waals surface area contributed by atoms with E-state index in [2.05, 4.69) is 5.32 Å². The van der Waals surface area contributed by atoms with Crippen molar-refractivity contribution >= 4 is 12.1 Å². The third-order valence-corrected chi connectivity index (χ3v) is 3.53. The van der Waals surface area contributed by atoms with Gasteiger partial charge >= 0.3 is 12.1 Å². The lowest BCUT2D eigenvalue weighted by Gasteiger charge is -2.16. The molecule has 0 aromatic heterocycles. The fourth-order valence-electron chi connectivity index (χ4n) is 2.27. The molecule has 2 aromatic rings. The zero-order valence-electron chi connectivity index (χ0n) is 12.9. The Morgan fingerprint density at radius 1 is 1.09 bits per heavy atom. The SMILES string of the molecule is Cc1ccccc1C(CNC(=O)OCc1ccccc1)C(=O)O. The number of aliphatic carboxylic acids is 1. The van der Waals surface area contributed by atoms with E-state index in [0.29, 0.717) is 5.56 Å². The van der Waals surface area contributed by atoms with Gasteiger partial charge in [-0.25, -0.2) is 4.79 Å². The molecule has 0 saturated carbocycles. The Bertz CT molecular complexity index is 670. The molecule has 0 aliphatic heterocycles. The third-order valence-electron chi connectivity index (χ3n) is 3.53. The number of benzene rings is 2. The number of amides is 1. The van der Waals surface area contributed by atoms with Crippen LogP contribution in [-0.4, -0.2) is 23.7 Å². The minimum absolute atomic E-state index is 0.0200. The number of carbonyl (C=O) groups is 2. The molecular weight excluding hydrogens is 294 g/mol. The van der Waals surface area contributed by atoms with E-state index < -0.39 is 18.0 Å². The van der Waals surface area contributed by atoms with Gasteiger partial charge in [-0.05, 0) is 23.6 Å². The molecule has 2 rings (SSSR count). The Balaban J connectivity index is 1.90. The maximum Gasteiger partial charge on any atom is 0.407 e. The molecule has 0 aliphatic rings. The Labute approximate surface area is 134 Å². The topological polar surface area (TPSA) is 75.6 Å². The highest BCUT2D eigenvalue weighted by Crippen LogP contribution is 2.19. The minimum atomic E-state index is -0.984. The van der Waals surface area contributed by atoms with Gasteiger partial charge in [0.25, 0.3) is 0 Å². The molecule has 2 aromatic carbocycles. The molecule has 0 spiro atoms. The van der Waals surface area contributed by atoms with Crippen molar-refractivity contribution in [1.29, 1.82) is 0 Å². The van der Waals surface area contributed by atoms with Crippen LogP contribution in [0.15, 0.2) is 54.6 Å². The fourth-order valence-corrected chi connectivity index (χ4v) is 2.27. The van der Waals surface area contributed by atoms with Crippen molar-refractivity contribution in [2.45, 2.75) is 19.4 Å². The van der Waals surface area contributed by atoms with Crippen LogP contribution >= 0.6 is 0 Å². The molecular formula is C18H19NO4. The van der Waals surface area contributed by atoms with Gasteiger partial charge in [-0.3, -0.25) is 4.79 Å². The number of ether oxygens (including phenoxy) is 1. The number of aryl methyl sites for hydroxylation is 1. The zero-order valence-corrected chi connectivity index (χ0v) is 12.9. The second kappa shape index (κ2) is 7.98. The largest absolute Gasteiger partial charge is 0.481 e. The quantitative estimate of drug-likeness (QED) is 0.859. The maximum absolute atomic E-state index is 11.7. The molecule has 1 unspecified atom stereocenters. The molecule has 23 heavy (non-hydrogen) atoms. The van der Waals surface area contributed by atoms with E-state index >= 15 is 0 Å². The van der Waals surface area contributed by atoms with E-state index in [1.54, 1.807) is 12.1 Å². The minimum Gasteiger partial charge on any atom is -0.481 e. The normalized spacial score (nSPS) is 11.5. The van der Waals surface area contributed by atoms with Crippen molar-refractivity contribution in [2.24, 2.45) is 0 Å². The van der Waals surface area contributed by atoms with Gasteiger partial charge in [-0.2, -0.15) is 0 Å². The Kier molecular flexibility index (Phi) is 5.74. The molecule has 0 heterocycles. The van der Waals surface area contributed by atoms with E-state index in [9.17, 15) is 14.7 Å². The molecule has 0 saturated heterocycles. The number of rotatable bonds is 6. The van der Waals surface area contributed by atoms with Crippen molar-refractivity contribution in [1.82, 2.24) is 5.32 Å². The highest BCUT2D eigenvalue weighted by molar-refractivity contribution is 5.78. The Hall–Kier alpha value is -2.82. The summed E-state index contributed by atoms with van der Waals surface area (Å²) in [6, 6.07) is 16.5. The molecule has 0 bridgehead atoms. The third kappa shape index (κ3) is 4.85. The summed E-state index contributed by atoms with van der Waals surface area (Å²) in [5, 5.41) is 11.9. The summed E-state index contributed by atoms with van der Waals surface area (Å²) in [7, 11) is 0. The van der Waals surface area contributed by atoms with Crippen LogP contribution in [-0.2, 0) is 16.1 Å². The number of carbonyl (C=O) groups excluding carboxylic acids is 1. The number of nitrogens with one attached hydrogen (secondary N) is 1. The van der Waals surface area contributed by atoms with Gasteiger partial charge in [0.2, 0.25) is 0 Å². The smallest absolute Gasteiger partial charge is 0.407 e. The molecule has 5 nitrogen and oxygen atoms in total. The molecule has 1 atom stereocenters. The van der Waals surface area contributed by atoms with Gasteiger partial charge in [0.05, 0.1) is 5.92 Å². The first-order chi connectivity index (χ1) is 11.1. The van der Waals surface area contributed by atoms with E-state index in [0.717, 1.165) is 11.1 Å². The number of hydrogen-bond acceptors (Lipinski definition) is 3. The number of alkyl carbamates (subject to hydrolysis) is 1. The molecule has 2 N–H and O–H groups in total. The van der Waals surface area contributed by atoms with Crippen LogP contribution < -0.4 is 5.32 Å². The van der Waals surface area contributed by atoms with Gasteiger partial charge in [0, 0.05) is 6.54 Å². The van der Waals surface area contributed by atoms with Crippen LogP contribution in [0.4, 0.5) is 4.79 Å². The highest BCUT2D eigenvalue weighted by Gasteiger charge is 2.22. The number of hydrogen-bond donors (Lipinski definition) is 2. The van der Waals surface area contributed by atoms with E-state index in [1.807, 2.05) is 49.4 Å².